The van der Waals surface area contributed by atoms with E-state index in [-0.39, 0.29) is 16.9 Å². The van der Waals surface area contributed by atoms with Gasteiger partial charge in [-0.2, -0.15) is 0 Å². The van der Waals surface area contributed by atoms with Crippen LogP contribution in [0.2, 0.25) is 0 Å². The van der Waals surface area contributed by atoms with Gasteiger partial charge in [0.15, 0.2) is 0 Å². The summed E-state index contributed by atoms with van der Waals surface area (Å²) < 4.78 is 27.4. The predicted molar refractivity (Wildman–Crippen MR) is 77.7 cm³/mol. The minimum absolute atomic E-state index is 0.120. The first kappa shape index (κ1) is 15.0. The summed E-state index contributed by atoms with van der Waals surface area (Å²) in [7, 11) is -3.51. The standard InChI is InChI=1S/C15H19NO3S/c1-12-5-6-13(4-3-9-17)10-14(12)20(18,19)16-11-15(2)7-8-15/h5-6,10,16-17H,7-9,11H2,1-2H3. The summed E-state index contributed by atoms with van der Waals surface area (Å²) >= 11 is 0. The highest BCUT2D eigenvalue weighted by Gasteiger charge is 2.38. The highest BCUT2D eigenvalue weighted by atomic mass is 32.2. The van der Waals surface area contributed by atoms with Crippen molar-refractivity contribution in [3.05, 3.63) is 29.3 Å². The van der Waals surface area contributed by atoms with Gasteiger partial charge < -0.3 is 5.11 Å². The van der Waals surface area contributed by atoms with Crippen LogP contribution in [-0.2, 0) is 10.0 Å². The Kier molecular flexibility index (Phi) is 4.19. The Morgan fingerprint density at radius 2 is 2.10 bits per heavy atom. The molecule has 0 heterocycles. The molecule has 0 aliphatic heterocycles. The molecule has 1 aliphatic carbocycles. The van der Waals surface area contributed by atoms with Crippen LogP contribution in [0.25, 0.3) is 0 Å². The van der Waals surface area contributed by atoms with Crippen molar-refractivity contribution in [3.8, 4) is 11.8 Å². The molecule has 1 fully saturated rings. The Bertz CT molecular complexity index is 664. The van der Waals surface area contributed by atoms with E-state index in [0.29, 0.717) is 17.7 Å². The highest BCUT2D eigenvalue weighted by Crippen LogP contribution is 2.44. The van der Waals surface area contributed by atoms with Gasteiger partial charge in [0.25, 0.3) is 0 Å². The molecule has 1 aromatic rings. The zero-order chi connectivity index (χ0) is 14.8. The molecule has 0 radical (unpaired) electrons. The fourth-order valence-corrected chi connectivity index (χ4v) is 3.31. The molecular weight excluding hydrogens is 274 g/mol. The summed E-state index contributed by atoms with van der Waals surface area (Å²) in [6.45, 7) is 4.07. The monoisotopic (exact) mass is 293 g/mol. The van der Waals surface area contributed by atoms with E-state index in [4.69, 9.17) is 5.11 Å². The van der Waals surface area contributed by atoms with Crippen molar-refractivity contribution < 1.29 is 13.5 Å². The minimum Gasteiger partial charge on any atom is -0.384 e. The second-order valence-corrected chi connectivity index (χ2v) is 7.31. The van der Waals surface area contributed by atoms with Gasteiger partial charge in [-0.25, -0.2) is 13.1 Å². The number of benzene rings is 1. The third-order valence-electron chi connectivity index (χ3n) is 3.58. The molecule has 4 nitrogen and oxygen atoms in total. The van der Waals surface area contributed by atoms with Crippen LogP contribution in [0.1, 0.15) is 30.9 Å². The highest BCUT2D eigenvalue weighted by molar-refractivity contribution is 7.89. The van der Waals surface area contributed by atoms with Crippen LogP contribution in [0.3, 0.4) is 0 Å². The quantitative estimate of drug-likeness (QED) is 0.825. The molecule has 1 aromatic carbocycles. The number of nitrogens with one attached hydrogen (secondary N) is 1. The number of aliphatic hydroxyl groups excluding tert-OH is 1. The maximum Gasteiger partial charge on any atom is 0.240 e. The molecule has 2 N–H and O–H groups in total. The van der Waals surface area contributed by atoms with Crippen molar-refractivity contribution in [2.75, 3.05) is 13.2 Å². The summed E-state index contributed by atoms with van der Waals surface area (Å²) in [5, 5.41) is 8.69. The lowest BCUT2D eigenvalue weighted by Gasteiger charge is -2.12. The average Bonchev–Trinajstić information content (AvgIpc) is 3.14. The molecule has 20 heavy (non-hydrogen) atoms. The van der Waals surface area contributed by atoms with Crippen LogP contribution in [0.5, 0.6) is 0 Å². The van der Waals surface area contributed by atoms with E-state index >= 15 is 0 Å². The van der Waals surface area contributed by atoms with Gasteiger partial charge in [-0.1, -0.05) is 24.8 Å². The first-order chi connectivity index (χ1) is 9.36. The summed E-state index contributed by atoms with van der Waals surface area (Å²) in [4.78, 5) is 0.256. The minimum atomic E-state index is -3.51. The molecule has 0 amide bonds. The van der Waals surface area contributed by atoms with Gasteiger partial charge in [-0.15, -0.1) is 0 Å². The van der Waals surface area contributed by atoms with Crippen molar-refractivity contribution in [2.24, 2.45) is 5.41 Å². The Morgan fingerprint density at radius 1 is 1.40 bits per heavy atom. The van der Waals surface area contributed by atoms with Crippen LogP contribution in [0.15, 0.2) is 23.1 Å². The molecule has 0 atom stereocenters. The first-order valence-electron chi connectivity index (χ1n) is 6.56. The first-order valence-corrected chi connectivity index (χ1v) is 8.05. The van der Waals surface area contributed by atoms with Crippen LogP contribution in [-0.4, -0.2) is 26.7 Å². The van der Waals surface area contributed by atoms with Crippen LogP contribution in [0.4, 0.5) is 0 Å². The average molecular weight is 293 g/mol. The van der Waals surface area contributed by atoms with Crippen molar-refractivity contribution >= 4 is 10.0 Å². The molecule has 0 saturated heterocycles. The van der Waals surface area contributed by atoms with Crippen LogP contribution < -0.4 is 4.72 Å². The zero-order valence-electron chi connectivity index (χ0n) is 11.7. The normalized spacial score (nSPS) is 16.4. The van der Waals surface area contributed by atoms with E-state index in [1.54, 1.807) is 25.1 Å². The van der Waals surface area contributed by atoms with Gasteiger partial charge in [0.1, 0.15) is 6.61 Å². The summed E-state index contributed by atoms with van der Waals surface area (Å²) in [5.74, 6) is 5.25. The second kappa shape index (κ2) is 5.57. The molecule has 2 rings (SSSR count). The van der Waals surface area contributed by atoms with E-state index in [9.17, 15) is 8.42 Å². The number of sulfonamides is 1. The number of hydrogen-bond acceptors (Lipinski definition) is 3. The van der Waals surface area contributed by atoms with Gasteiger partial charge in [-0.05, 0) is 42.9 Å². The van der Waals surface area contributed by atoms with Crippen molar-refractivity contribution in [3.63, 3.8) is 0 Å². The SMILES string of the molecule is Cc1ccc(C#CCO)cc1S(=O)(=O)NCC1(C)CC1. The largest absolute Gasteiger partial charge is 0.384 e. The predicted octanol–water partition coefficient (Wildman–Crippen LogP) is 1.42. The molecule has 1 saturated carbocycles. The lowest BCUT2D eigenvalue weighted by Crippen LogP contribution is -2.29. The third kappa shape index (κ3) is 3.60. The summed E-state index contributed by atoms with van der Waals surface area (Å²) in [6.07, 6.45) is 2.13. The van der Waals surface area contributed by atoms with Crippen molar-refractivity contribution in [2.45, 2.75) is 31.6 Å². The fourth-order valence-electron chi connectivity index (χ4n) is 1.85. The lowest BCUT2D eigenvalue weighted by molar-refractivity contribution is 0.350. The van der Waals surface area contributed by atoms with Crippen molar-refractivity contribution in [1.29, 1.82) is 0 Å². The van der Waals surface area contributed by atoms with Crippen molar-refractivity contribution in [1.82, 2.24) is 4.72 Å². The van der Waals surface area contributed by atoms with E-state index in [1.807, 2.05) is 0 Å². The summed E-state index contributed by atoms with van der Waals surface area (Å²) in [6, 6.07) is 5.03. The Morgan fingerprint density at radius 3 is 2.70 bits per heavy atom. The van der Waals surface area contributed by atoms with E-state index in [2.05, 4.69) is 23.5 Å². The lowest BCUT2D eigenvalue weighted by atomic mass is 10.1. The van der Waals surface area contributed by atoms with Gasteiger partial charge in [0, 0.05) is 12.1 Å². The Hall–Kier alpha value is -1.35. The molecular formula is C15H19NO3S. The maximum absolute atomic E-state index is 12.3. The molecule has 0 unspecified atom stereocenters. The van der Waals surface area contributed by atoms with Gasteiger partial charge >= 0.3 is 0 Å². The number of aryl methyl sites for hydroxylation is 1. The number of rotatable bonds is 4. The van der Waals surface area contributed by atoms with Gasteiger partial charge in [0.05, 0.1) is 4.90 Å². The Labute approximate surface area is 120 Å². The third-order valence-corrected chi connectivity index (χ3v) is 5.13. The fraction of sp³-hybridized carbons (Fsp3) is 0.467. The molecule has 5 heteroatoms. The van der Waals surface area contributed by atoms with E-state index in [0.717, 1.165) is 12.8 Å². The molecule has 108 valence electrons. The smallest absolute Gasteiger partial charge is 0.240 e. The maximum atomic E-state index is 12.3. The molecule has 1 aliphatic rings. The number of aliphatic hydroxyl groups is 1. The number of hydrogen-bond donors (Lipinski definition) is 2. The Balaban J connectivity index is 2.25. The molecule has 0 aromatic heterocycles. The van der Waals surface area contributed by atoms with Crippen LogP contribution in [0, 0.1) is 24.2 Å². The zero-order valence-corrected chi connectivity index (χ0v) is 12.5. The molecule has 0 bridgehead atoms. The van der Waals surface area contributed by atoms with Crippen LogP contribution >= 0.6 is 0 Å². The van der Waals surface area contributed by atoms with E-state index < -0.39 is 10.0 Å². The second-order valence-electron chi connectivity index (χ2n) is 5.58. The topological polar surface area (TPSA) is 66.4 Å². The van der Waals surface area contributed by atoms with Gasteiger partial charge in [0.2, 0.25) is 10.0 Å². The van der Waals surface area contributed by atoms with E-state index in [1.165, 1.54) is 0 Å². The summed E-state index contributed by atoms with van der Waals surface area (Å²) in [5.41, 5.74) is 1.39. The van der Waals surface area contributed by atoms with Gasteiger partial charge in [-0.3, -0.25) is 0 Å². The molecule has 0 spiro atoms.